The Morgan fingerprint density at radius 3 is 2.87 bits per heavy atom. The van der Waals surface area contributed by atoms with Crippen LogP contribution in [0.25, 0.3) is 0 Å². The van der Waals surface area contributed by atoms with Gasteiger partial charge in [0, 0.05) is 26.2 Å². The molecule has 2 heterocycles. The van der Waals surface area contributed by atoms with Crippen molar-refractivity contribution in [2.45, 2.75) is 0 Å². The first-order chi connectivity index (χ1) is 7.34. The summed E-state index contributed by atoms with van der Waals surface area (Å²) in [6.45, 7) is 5.20. The monoisotopic (exact) mass is 240 g/mol. The highest BCUT2D eigenvalue weighted by Gasteiger charge is 2.06. The molecule has 80 valence electrons. The first-order valence-corrected chi connectivity index (χ1v) is 6.21. The number of hydrogen-bond donors (Lipinski definition) is 1. The van der Waals surface area contributed by atoms with Crippen LogP contribution in [0.1, 0.15) is 4.88 Å². The van der Waals surface area contributed by atoms with Gasteiger partial charge in [-0.2, -0.15) is 0 Å². The van der Waals surface area contributed by atoms with Crippen molar-refractivity contribution in [2.75, 3.05) is 32.7 Å². The number of hydrogen-bond acceptors (Lipinski definition) is 3. The van der Waals surface area contributed by atoms with E-state index in [1.165, 1.54) is 11.3 Å². The highest BCUT2D eigenvalue weighted by atomic mass is 35.5. The predicted molar refractivity (Wildman–Crippen MR) is 65.5 cm³/mol. The second-order valence-electron chi connectivity index (χ2n) is 3.43. The van der Waals surface area contributed by atoms with Crippen molar-refractivity contribution in [2.24, 2.45) is 0 Å². The van der Waals surface area contributed by atoms with E-state index in [-0.39, 0.29) is 0 Å². The first-order valence-electron chi connectivity index (χ1n) is 5.02. The highest BCUT2D eigenvalue weighted by Crippen LogP contribution is 2.20. The van der Waals surface area contributed by atoms with Gasteiger partial charge in [-0.1, -0.05) is 23.4 Å². The molecule has 1 aromatic rings. The third-order valence-electron chi connectivity index (χ3n) is 2.30. The van der Waals surface area contributed by atoms with Crippen LogP contribution in [-0.4, -0.2) is 37.6 Å². The van der Waals surface area contributed by atoms with Crippen molar-refractivity contribution in [3.05, 3.63) is 21.3 Å². The Hall–Kier alpha value is -0.530. The van der Waals surface area contributed by atoms with E-state index in [9.17, 15) is 0 Å². The van der Waals surface area contributed by atoms with Crippen molar-refractivity contribution >= 4 is 22.9 Å². The molecule has 0 bridgehead atoms. The van der Waals surface area contributed by atoms with E-state index in [2.05, 4.69) is 22.1 Å². The summed E-state index contributed by atoms with van der Waals surface area (Å²) in [6.07, 6.45) is 0. The van der Waals surface area contributed by atoms with E-state index in [0.29, 0.717) is 0 Å². The molecule has 0 radical (unpaired) electrons. The topological polar surface area (TPSA) is 15.3 Å². The summed E-state index contributed by atoms with van der Waals surface area (Å²) < 4.78 is 0.807. The normalized spacial score (nSPS) is 17.1. The molecule has 2 nitrogen and oxygen atoms in total. The molecule has 4 heteroatoms. The fraction of sp³-hybridized carbons (Fsp3) is 0.455. The minimum atomic E-state index is 0.807. The van der Waals surface area contributed by atoms with Crippen LogP contribution in [0.3, 0.4) is 0 Å². The number of thiophene rings is 1. The van der Waals surface area contributed by atoms with E-state index in [1.54, 1.807) is 0 Å². The Kier molecular flexibility index (Phi) is 4.04. The molecule has 0 saturated carbocycles. The van der Waals surface area contributed by atoms with Gasteiger partial charge >= 0.3 is 0 Å². The van der Waals surface area contributed by atoms with Crippen molar-refractivity contribution in [1.82, 2.24) is 10.2 Å². The van der Waals surface area contributed by atoms with E-state index >= 15 is 0 Å². The molecule has 0 unspecified atom stereocenters. The van der Waals surface area contributed by atoms with Crippen molar-refractivity contribution in [1.29, 1.82) is 0 Å². The van der Waals surface area contributed by atoms with Crippen LogP contribution in [0.4, 0.5) is 0 Å². The lowest BCUT2D eigenvalue weighted by molar-refractivity contribution is 0.268. The summed E-state index contributed by atoms with van der Waals surface area (Å²) in [4.78, 5) is 3.41. The van der Waals surface area contributed by atoms with Gasteiger partial charge in [-0.3, -0.25) is 4.90 Å². The zero-order valence-corrected chi connectivity index (χ0v) is 10.00. The molecular weight excluding hydrogens is 228 g/mol. The van der Waals surface area contributed by atoms with E-state index in [4.69, 9.17) is 11.6 Å². The fourth-order valence-corrected chi connectivity index (χ4v) is 2.41. The number of rotatable bonds is 1. The Morgan fingerprint density at radius 1 is 1.40 bits per heavy atom. The summed E-state index contributed by atoms with van der Waals surface area (Å²) in [6, 6.07) is 3.86. The molecule has 0 spiro atoms. The maximum absolute atomic E-state index is 5.82. The lowest BCUT2D eigenvalue weighted by atomic mass is 10.3. The summed E-state index contributed by atoms with van der Waals surface area (Å²) in [5.74, 6) is 6.32. The van der Waals surface area contributed by atoms with Crippen LogP contribution >= 0.6 is 22.9 Å². The van der Waals surface area contributed by atoms with Gasteiger partial charge in [0.2, 0.25) is 0 Å². The van der Waals surface area contributed by atoms with Gasteiger partial charge in [-0.15, -0.1) is 11.3 Å². The summed E-state index contributed by atoms with van der Waals surface area (Å²) >= 11 is 7.36. The van der Waals surface area contributed by atoms with Gasteiger partial charge in [0.15, 0.2) is 0 Å². The summed E-state index contributed by atoms with van der Waals surface area (Å²) in [5.41, 5.74) is 0. The highest BCUT2D eigenvalue weighted by molar-refractivity contribution is 7.16. The van der Waals surface area contributed by atoms with Gasteiger partial charge in [-0.25, -0.2) is 0 Å². The number of piperazine rings is 1. The van der Waals surface area contributed by atoms with E-state index < -0.39 is 0 Å². The third-order valence-corrected chi connectivity index (χ3v) is 3.44. The molecule has 1 saturated heterocycles. The van der Waals surface area contributed by atoms with E-state index in [0.717, 1.165) is 41.9 Å². The van der Waals surface area contributed by atoms with Crippen LogP contribution in [0, 0.1) is 11.8 Å². The molecule has 1 aromatic heterocycles. The molecule has 2 rings (SSSR count). The Bertz CT molecular complexity index is 371. The number of halogens is 1. The lowest BCUT2D eigenvalue weighted by Crippen LogP contribution is -2.43. The zero-order chi connectivity index (χ0) is 10.5. The van der Waals surface area contributed by atoms with Gasteiger partial charge in [0.25, 0.3) is 0 Å². The molecular formula is C11H13ClN2S. The maximum Gasteiger partial charge on any atom is 0.0941 e. The summed E-state index contributed by atoms with van der Waals surface area (Å²) in [7, 11) is 0. The summed E-state index contributed by atoms with van der Waals surface area (Å²) in [5, 5.41) is 3.32. The average Bonchev–Trinajstić information content (AvgIpc) is 2.66. The molecule has 0 atom stereocenters. The molecule has 15 heavy (non-hydrogen) atoms. The minimum Gasteiger partial charge on any atom is -0.314 e. The van der Waals surface area contributed by atoms with Crippen molar-refractivity contribution in [3.8, 4) is 11.8 Å². The van der Waals surface area contributed by atoms with Crippen LogP contribution in [0.2, 0.25) is 4.34 Å². The van der Waals surface area contributed by atoms with E-state index in [1.807, 2.05) is 12.1 Å². The second kappa shape index (κ2) is 5.53. The van der Waals surface area contributed by atoms with Gasteiger partial charge in [0.05, 0.1) is 15.8 Å². The molecule has 1 aliphatic rings. The second-order valence-corrected chi connectivity index (χ2v) is 5.15. The van der Waals surface area contributed by atoms with Crippen molar-refractivity contribution < 1.29 is 0 Å². The fourth-order valence-electron chi connectivity index (χ4n) is 1.49. The standard InChI is InChI=1S/C11H13ClN2S/c12-11-4-3-10(15-11)2-1-7-14-8-5-13-6-9-14/h3-4,13H,5-9H2. The number of nitrogens with zero attached hydrogens (tertiary/aromatic N) is 1. The van der Waals surface area contributed by atoms with Crippen LogP contribution in [0.15, 0.2) is 12.1 Å². The molecule has 1 N–H and O–H groups in total. The van der Waals surface area contributed by atoms with Crippen LogP contribution < -0.4 is 5.32 Å². The molecule has 0 aliphatic carbocycles. The Morgan fingerprint density at radius 2 is 2.20 bits per heavy atom. The Balaban J connectivity index is 1.84. The molecule has 1 aliphatic heterocycles. The van der Waals surface area contributed by atoms with Crippen LogP contribution in [0.5, 0.6) is 0 Å². The molecule has 1 fully saturated rings. The molecule has 0 amide bonds. The largest absolute Gasteiger partial charge is 0.314 e. The minimum absolute atomic E-state index is 0.807. The lowest BCUT2D eigenvalue weighted by Gasteiger charge is -2.24. The van der Waals surface area contributed by atoms with Gasteiger partial charge < -0.3 is 5.32 Å². The number of nitrogens with one attached hydrogen (secondary N) is 1. The quantitative estimate of drug-likeness (QED) is 0.752. The Labute approximate surface area is 99.2 Å². The van der Waals surface area contributed by atoms with Gasteiger partial charge in [0.1, 0.15) is 0 Å². The maximum atomic E-state index is 5.82. The predicted octanol–water partition coefficient (Wildman–Crippen LogP) is 1.66. The zero-order valence-electron chi connectivity index (χ0n) is 8.42. The van der Waals surface area contributed by atoms with Gasteiger partial charge in [-0.05, 0) is 12.1 Å². The average molecular weight is 241 g/mol. The van der Waals surface area contributed by atoms with Crippen molar-refractivity contribution in [3.63, 3.8) is 0 Å². The SMILES string of the molecule is Clc1ccc(C#CCN2CCNCC2)s1. The van der Waals surface area contributed by atoms with Crippen LogP contribution in [-0.2, 0) is 0 Å². The third kappa shape index (κ3) is 3.51. The molecule has 0 aromatic carbocycles. The first kappa shape index (κ1) is 11.0. The smallest absolute Gasteiger partial charge is 0.0941 e.